The molecule has 0 bridgehead atoms. The Kier molecular flexibility index (Phi) is 6.26. The van der Waals surface area contributed by atoms with E-state index in [2.05, 4.69) is 22.1 Å². The second kappa shape index (κ2) is 8.96. The molecule has 0 spiro atoms. The molecule has 3 heterocycles. The standard InChI is InChI=1S/C20H22N6O4S2/c1-14-7-11-25(12-8-14)32(29,30)16-3-4-18(17(13-16)26(27)28)31-20-23-22-19(24(20)2)15-5-9-21-10-6-15/h3-6,9-10,13-14H,7-8,11-12H2,1-2H3. The van der Waals surface area contributed by atoms with Crippen LogP contribution in [-0.2, 0) is 17.1 Å². The van der Waals surface area contributed by atoms with Crippen LogP contribution in [0.25, 0.3) is 11.4 Å². The van der Waals surface area contributed by atoms with Crippen molar-refractivity contribution in [1.82, 2.24) is 24.1 Å². The average Bonchev–Trinajstić information content (AvgIpc) is 3.14. The molecule has 0 aliphatic carbocycles. The number of nitro groups is 1. The van der Waals surface area contributed by atoms with Gasteiger partial charge in [0.15, 0.2) is 11.0 Å². The quantitative estimate of drug-likeness (QED) is 0.393. The van der Waals surface area contributed by atoms with Crippen molar-refractivity contribution in [3.63, 3.8) is 0 Å². The summed E-state index contributed by atoms with van der Waals surface area (Å²) >= 11 is 1.06. The second-order valence-corrected chi connectivity index (χ2v) is 10.6. The van der Waals surface area contributed by atoms with E-state index in [1.54, 1.807) is 36.1 Å². The molecule has 0 N–H and O–H groups in total. The molecule has 1 aliphatic rings. The largest absolute Gasteiger partial charge is 0.305 e. The maximum atomic E-state index is 13.0. The molecule has 4 rings (SSSR count). The number of hydrogen-bond acceptors (Lipinski definition) is 8. The van der Waals surface area contributed by atoms with Crippen LogP contribution < -0.4 is 0 Å². The Morgan fingerprint density at radius 1 is 1.12 bits per heavy atom. The summed E-state index contributed by atoms with van der Waals surface area (Å²) in [6.45, 7) is 2.93. The molecular weight excluding hydrogens is 452 g/mol. The van der Waals surface area contributed by atoms with Crippen LogP contribution >= 0.6 is 11.8 Å². The highest BCUT2D eigenvalue weighted by molar-refractivity contribution is 7.99. The van der Waals surface area contributed by atoms with E-state index >= 15 is 0 Å². The molecule has 1 aliphatic heterocycles. The number of piperidine rings is 1. The first-order valence-corrected chi connectivity index (χ1v) is 12.3. The van der Waals surface area contributed by atoms with Crippen LogP contribution in [0.1, 0.15) is 19.8 Å². The molecule has 0 radical (unpaired) electrons. The molecule has 32 heavy (non-hydrogen) atoms. The lowest BCUT2D eigenvalue weighted by Gasteiger charge is -2.29. The van der Waals surface area contributed by atoms with Crippen molar-refractivity contribution in [2.75, 3.05) is 13.1 Å². The lowest BCUT2D eigenvalue weighted by Crippen LogP contribution is -2.37. The first-order valence-electron chi connectivity index (χ1n) is 10.0. The molecule has 1 saturated heterocycles. The van der Waals surface area contributed by atoms with E-state index in [0.29, 0.717) is 30.0 Å². The van der Waals surface area contributed by atoms with Crippen LogP contribution in [0, 0.1) is 16.0 Å². The van der Waals surface area contributed by atoms with E-state index in [1.165, 1.54) is 16.4 Å². The molecule has 3 aromatic rings. The highest BCUT2D eigenvalue weighted by Gasteiger charge is 2.30. The Balaban J connectivity index is 1.64. The number of aromatic nitrogens is 4. The predicted molar refractivity (Wildman–Crippen MR) is 119 cm³/mol. The number of nitro benzene ring substituents is 1. The zero-order valence-electron chi connectivity index (χ0n) is 17.6. The minimum Gasteiger partial charge on any atom is -0.305 e. The molecule has 168 valence electrons. The van der Waals surface area contributed by atoms with E-state index in [0.717, 1.165) is 36.2 Å². The average molecular weight is 475 g/mol. The first-order chi connectivity index (χ1) is 15.3. The highest BCUT2D eigenvalue weighted by atomic mass is 32.2. The molecule has 0 saturated carbocycles. The maximum absolute atomic E-state index is 13.0. The molecule has 12 heteroatoms. The number of pyridine rings is 1. The summed E-state index contributed by atoms with van der Waals surface area (Å²) < 4.78 is 29.2. The number of benzene rings is 1. The molecule has 0 atom stereocenters. The smallest absolute Gasteiger partial charge is 0.284 e. The van der Waals surface area contributed by atoms with Gasteiger partial charge in [0.25, 0.3) is 5.69 Å². The Morgan fingerprint density at radius 2 is 1.81 bits per heavy atom. The number of hydrogen-bond donors (Lipinski definition) is 0. The van der Waals surface area contributed by atoms with Crippen LogP contribution in [0.2, 0.25) is 0 Å². The van der Waals surface area contributed by atoms with Gasteiger partial charge in [0, 0.05) is 44.2 Å². The van der Waals surface area contributed by atoms with Gasteiger partial charge in [-0.3, -0.25) is 15.1 Å². The van der Waals surface area contributed by atoms with E-state index in [-0.39, 0.29) is 15.5 Å². The monoisotopic (exact) mass is 474 g/mol. The topological polar surface area (TPSA) is 124 Å². The summed E-state index contributed by atoms with van der Waals surface area (Å²) in [7, 11) is -2.03. The van der Waals surface area contributed by atoms with E-state index in [9.17, 15) is 18.5 Å². The Hall–Kier alpha value is -2.83. The van der Waals surface area contributed by atoms with Crippen LogP contribution in [0.5, 0.6) is 0 Å². The van der Waals surface area contributed by atoms with Gasteiger partial charge in [0.2, 0.25) is 10.0 Å². The van der Waals surface area contributed by atoms with Gasteiger partial charge in [0.1, 0.15) is 0 Å². The van der Waals surface area contributed by atoms with Crippen molar-refractivity contribution in [1.29, 1.82) is 0 Å². The fraction of sp³-hybridized carbons (Fsp3) is 0.350. The zero-order valence-corrected chi connectivity index (χ0v) is 19.2. The van der Waals surface area contributed by atoms with Gasteiger partial charge in [-0.1, -0.05) is 6.92 Å². The minimum absolute atomic E-state index is 0.0708. The molecule has 1 aromatic carbocycles. The fourth-order valence-electron chi connectivity index (χ4n) is 3.52. The summed E-state index contributed by atoms with van der Waals surface area (Å²) in [6, 6.07) is 7.60. The first kappa shape index (κ1) is 22.4. The van der Waals surface area contributed by atoms with Gasteiger partial charge in [0.05, 0.1) is 14.7 Å². The minimum atomic E-state index is -3.79. The van der Waals surface area contributed by atoms with Gasteiger partial charge in [-0.15, -0.1) is 10.2 Å². The van der Waals surface area contributed by atoms with Crippen LogP contribution in [0.4, 0.5) is 5.69 Å². The van der Waals surface area contributed by atoms with E-state index in [1.807, 2.05) is 0 Å². The number of sulfonamides is 1. The number of rotatable bonds is 6. The number of nitrogens with zero attached hydrogens (tertiary/aromatic N) is 6. The lowest BCUT2D eigenvalue weighted by molar-refractivity contribution is -0.388. The van der Waals surface area contributed by atoms with Gasteiger partial charge in [-0.05, 0) is 54.8 Å². The molecule has 0 amide bonds. The predicted octanol–water partition coefficient (Wildman–Crippen LogP) is 3.36. The van der Waals surface area contributed by atoms with Crippen molar-refractivity contribution in [2.24, 2.45) is 13.0 Å². The van der Waals surface area contributed by atoms with Crippen molar-refractivity contribution < 1.29 is 13.3 Å². The van der Waals surface area contributed by atoms with Gasteiger partial charge in [-0.2, -0.15) is 4.31 Å². The fourth-order valence-corrected chi connectivity index (χ4v) is 5.88. The normalized spacial score (nSPS) is 15.7. The van der Waals surface area contributed by atoms with E-state index in [4.69, 9.17) is 0 Å². The van der Waals surface area contributed by atoms with Crippen molar-refractivity contribution in [2.45, 2.75) is 34.7 Å². The summed E-state index contributed by atoms with van der Waals surface area (Å²) in [5.41, 5.74) is 0.531. The summed E-state index contributed by atoms with van der Waals surface area (Å²) in [5, 5.41) is 20.5. The highest BCUT2D eigenvalue weighted by Crippen LogP contribution is 2.37. The van der Waals surface area contributed by atoms with Crippen LogP contribution in [0.15, 0.2) is 57.7 Å². The molecular formula is C20H22N6O4S2. The van der Waals surface area contributed by atoms with Crippen LogP contribution in [0.3, 0.4) is 0 Å². The van der Waals surface area contributed by atoms with Crippen LogP contribution in [-0.4, -0.2) is 50.5 Å². The van der Waals surface area contributed by atoms with Crippen molar-refractivity contribution in [3.05, 3.63) is 52.8 Å². The summed E-state index contributed by atoms with van der Waals surface area (Å²) in [6.07, 6.45) is 4.84. The van der Waals surface area contributed by atoms with Gasteiger partial charge in [-0.25, -0.2) is 8.42 Å². The zero-order chi connectivity index (χ0) is 22.9. The Labute approximate surface area is 189 Å². The molecule has 1 fully saturated rings. The van der Waals surface area contributed by atoms with Crippen molar-refractivity contribution in [3.8, 4) is 11.4 Å². The maximum Gasteiger partial charge on any atom is 0.284 e. The molecule has 2 aromatic heterocycles. The Bertz CT molecular complexity index is 1240. The summed E-state index contributed by atoms with van der Waals surface area (Å²) in [5.74, 6) is 1.06. The molecule has 0 unspecified atom stereocenters. The lowest BCUT2D eigenvalue weighted by atomic mass is 10.0. The Morgan fingerprint density at radius 3 is 2.47 bits per heavy atom. The third-order valence-electron chi connectivity index (χ3n) is 5.48. The molecule has 10 nitrogen and oxygen atoms in total. The van der Waals surface area contributed by atoms with Gasteiger partial charge >= 0.3 is 0 Å². The van der Waals surface area contributed by atoms with Gasteiger partial charge < -0.3 is 4.57 Å². The third kappa shape index (κ3) is 4.38. The third-order valence-corrected chi connectivity index (χ3v) is 8.48. The SMILES string of the molecule is CC1CCN(S(=O)(=O)c2ccc(Sc3nnc(-c4ccncc4)n3C)c([N+](=O)[O-])c2)CC1. The second-order valence-electron chi connectivity index (χ2n) is 7.68. The van der Waals surface area contributed by atoms with Crippen molar-refractivity contribution >= 4 is 27.5 Å². The summed E-state index contributed by atoms with van der Waals surface area (Å²) in [4.78, 5) is 15.4. The van der Waals surface area contributed by atoms with E-state index < -0.39 is 14.9 Å².